The zero-order valence-electron chi connectivity index (χ0n) is 22.9. The normalized spacial score (nSPS) is 17.2. The van der Waals surface area contributed by atoms with E-state index < -0.39 is 0 Å². The van der Waals surface area contributed by atoms with Gasteiger partial charge in [0.15, 0.2) is 0 Å². The third-order valence-corrected chi connectivity index (χ3v) is 7.47. The number of benzene rings is 1. The quantitative estimate of drug-likeness (QED) is 0.466. The molecule has 1 saturated heterocycles. The molecule has 0 unspecified atom stereocenters. The second-order valence-electron chi connectivity index (χ2n) is 10.0. The maximum absolute atomic E-state index is 14.6. The molecule has 3 aliphatic rings. The highest BCUT2D eigenvalue weighted by atomic mass is 19.1. The van der Waals surface area contributed by atoms with Crippen LogP contribution in [0.3, 0.4) is 0 Å². The molecule has 9 nitrogen and oxygen atoms in total. The minimum atomic E-state index is -0.278. The number of rotatable bonds is 8. The molecular weight excluding hydrogens is 499 g/mol. The van der Waals surface area contributed by atoms with E-state index in [4.69, 9.17) is 24.7 Å². The lowest BCUT2D eigenvalue weighted by atomic mass is 10.1. The smallest absolute Gasteiger partial charge is 0.318 e. The van der Waals surface area contributed by atoms with Gasteiger partial charge < -0.3 is 19.3 Å². The van der Waals surface area contributed by atoms with Crippen LogP contribution in [0.1, 0.15) is 49.4 Å². The molecule has 10 heteroatoms. The molecule has 3 heterocycles. The van der Waals surface area contributed by atoms with E-state index in [1.54, 1.807) is 30.2 Å². The number of ether oxygens (including phenoxy) is 2. The van der Waals surface area contributed by atoms with Crippen LogP contribution in [0.2, 0.25) is 0 Å². The van der Waals surface area contributed by atoms with Crippen molar-refractivity contribution in [2.24, 2.45) is 5.92 Å². The second kappa shape index (κ2) is 13.4. The first-order chi connectivity index (χ1) is 19.0. The molecule has 0 spiro atoms. The van der Waals surface area contributed by atoms with Gasteiger partial charge in [-0.05, 0) is 37.0 Å². The number of halogens is 1. The summed E-state index contributed by atoms with van der Waals surface area (Å²) in [6.07, 6.45) is 6.26. The van der Waals surface area contributed by atoms with Crippen LogP contribution in [0.15, 0.2) is 30.9 Å². The Kier molecular flexibility index (Phi) is 9.71. The van der Waals surface area contributed by atoms with Crippen LogP contribution in [0.5, 0.6) is 11.8 Å². The molecule has 0 radical (unpaired) electrons. The van der Waals surface area contributed by atoms with Gasteiger partial charge in [0.2, 0.25) is 5.91 Å². The monoisotopic (exact) mass is 536 g/mol. The van der Waals surface area contributed by atoms with Gasteiger partial charge in [0, 0.05) is 63.9 Å². The molecule has 1 saturated carbocycles. The van der Waals surface area contributed by atoms with E-state index in [1.807, 2.05) is 0 Å². The first-order valence-electron chi connectivity index (χ1n) is 13.5. The van der Waals surface area contributed by atoms with Crippen molar-refractivity contribution in [2.75, 3.05) is 44.8 Å². The minimum absolute atomic E-state index is 0.0480. The van der Waals surface area contributed by atoms with Crippen LogP contribution >= 0.6 is 0 Å². The van der Waals surface area contributed by atoms with E-state index in [0.717, 1.165) is 17.1 Å². The first kappa shape index (κ1) is 28.3. The summed E-state index contributed by atoms with van der Waals surface area (Å²) < 4.78 is 26.1. The molecule has 39 heavy (non-hydrogen) atoms. The Morgan fingerprint density at radius 3 is 2.59 bits per heavy atom. The Labute approximate surface area is 229 Å². The number of carbonyl (C=O) groups excluding carboxylic acids is 1. The molecule has 0 N–H and O–H groups in total. The van der Waals surface area contributed by atoms with Gasteiger partial charge in [0.1, 0.15) is 17.4 Å². The van der Waals surface area contributed by atoms with Gasteiger partial charge in [0.25, 0.3) is 0 Å². The summed E-state index contributed by atoms with van der Waals surface area (Å²) in [7, 11) is 1.56. The van der Waals surface area contributed by atoms with Crippen LogP contribution in [0.25, 0.3) is 0 Å². The van der Waals surface area contributed by atoms with E-state index in [1.165, 1.54) is 44.7 Å². The van der Waals surface area contributed by atoms with Gasteiger partial charge in [-0.2, -0.15) is 15.2 Å². The van der Waals surface area contributed by atoms with Crippen molar-refractivity contribution in [1.29, 1.82) is 5.26 Å². The summed E-state index contributed by atoms with van der Waals surface area (Å²) in [5.74, 6) is 1.63. The SMILES string of the molecule is C=CC(=O)N1CCN(c2nc(OCC3CCCC3)nc3c2CN(Cc2c(F)cccc2OC)C3)CC1.CC#N. The Morgan fingerprint density at radius 2 is 1.92 bits per heavy atom. The number of nitrogens with zero attached hydrogens (tertiary/aromatic N) is 6. The number of hydrogen-bond donors (Lipinski definition) is 0. The van der Waals surface area contributed by atoms with Crippen molar-refractivity contribution >= 4 is 11.7 Å². The fraction of sp³-hybridized carbons (Fsp3) is 0.517. The third kappa shape index (κ3) is 6.84. The standard InChI is InChI=1S/C27H34FN5O3.C2H3N/c1-3-25(34)32-11-13-33(14-12-32)26-21-16-31(15-20-22(28)9-6-10-24(20)35-2)17-23(21)29-27(30-26)36-18-19-7-4-5-8-19;1-2-3/h3,6,9-10,19H,1,4-5,7-8,11-18H2,2H3;1H3. The van der Waals surface area contributed by atoms with Crippen molar-refractivity contribution in [1.82, 2.24) is 19.8 Å². The Morgan fingerprint density at radius 1 is 1.21 bits per heavy atom. The van der Waals surface area contributed by atoms with Crippen LogP contribution in [-0.4, -0.2) is 65.6 Å². The second-order valence-corrected chi connectivity index (χ2v) is 10.0. The first-order valence-corrected chi connectivity index (χ1v) is 13.5. The summed E-state index contributed by atoms with van der Waals surface area (Å²) in [4.78, 5) is 27.9. The van der Waals surface area contributed by atoms with E-state index >= 15 is 0 Å². The van der Waals surface area contributed by atoms with Crippen molar-refractivity contribution in [3.05, 3.63) is 53.5 Å². The van der Waals surface area contributed by atoms with Gasteiger partial charge in [-0.25, -0.2) is 4.39 Å². The lowest BCUT2D eigenvalue weighted by Gasteiger charge is -2.35. The Hall–Kier alpha value is -3.71. The molecule has 5 rings (SSSR count). The average Bonchev–Trinajstić information content (AvgIpc) is 3.62. The van der Waals surface area contributed by atoms with Crippen LogP contribution in [0.4, 0.5) is 10.2 Å². The molecule has 1 amide bonds. The van der Waals surface area contributed by atoms with Crippen LogP contribution in [-0.2, 0) is 24.4 Å². The molecule has 2 aromatic rings. The van der Waals surface area contributed by atoms with Gasteiger partial charge in [-0.15, -0.1) is 0 Å². The number of aromatic nitrogens is 2. The Bertz CT molecular complexity index is 1200. The molecule has 208 valence electrons. The van der Waals surface area contributed by atoms with E-state index in [9.17, 15) is 9.18 Å². The summed E-state index contributed by atoms with van der Waals surface area (Å²) in [6, 6.07) is 7.06. The largest absolute Gasteiger partial charge is 0.496 e. The maximum Gasteiger partial charge on any atom is 0.318 e. The minimum Gasteiger partial charge on any atom is -0.496 e. The predicted octanol–water partition coefficient (Wildman–Crippen LogP) is 4.07. The lowest BCUT2D eigenvalue weighted by molar-refractivity contribution is -0.126. The third-order valence-electron chi connectivity index (χ3n) is 7.47. The highest BCUT2D eigenvalue weighted by molar-refractivity contribution is 5.87. The fourth-order valence-corrected chi connectivity index (χ4v) is 5.46. The summed E-state index contributed by atoms with van der Waals surface area (Å²) in [5, 5.41) is 7.32. The molecule has 1 aliphatic carbocycles. The molecule has 2 aliphatic heterocycles. The van der Waals surface area contributed by atoms with Gasteiger partial charge in [-0.1, -0.05) is 25.5 Å². The van der Waals surface area contributed by atoms with E-state index in [0.29, 0.717) is 75.7 Å². The van der Waals surface area contributed by atoms with E-state index in [-0.39, 0.29) is 11.7 Å². The number of nitriles is 1. The van der Waals surface area contributed by atoms with Crippen LogP contribution in [0, 0.1) is 23.1 Å². The van der Waals surface area contributed by atoms with Crippen molar-refractivity contribution in [2.45, 2.75) is 52.2 Å². The number of anilines is 1. The lowest BCUT2D eigenvalue weighted by Crippen LogP contribution is -2.48. The number of piperazine rings is 1. The predicted molar refractivity (Wildman–Crippen MR) is 146 cm³/mol. The number of methoxy groups -OCH3 is 1. The highest BCUT2D eigenvalue weighted by Gasteiger charge is 2.31. The number of fused-ring (bicyclic) bond motifs is 1. The molecular formula is C29H37FN6O3. The van der Waals surface area contributed by atoms with Gasteiger partial charge in [0.05, 0.1) is 25.5 Å². The maximum atomic E-state index is 14.6. The molecule has 1 aromatic carbocycles. The van der Waals surface area contributed by atoms with Crippen molar-refractivity contribution in [3.8, 4) is 17.8 Å². The molecule has 0 atom stereocenters. The number of amides is 1. The van der Waals surface area contributed by atoms with E-state index in [2.05, 4.69) is 16.4 Å². The fourth-order valence-electron chi connectivity index (χ4n) is 5.46. The van der Waals surface area contributed by atoms with Crippen LogP contribution < -0.4 is 14.4 Å². The number of carbonyl (C=O) groups is 1. The zero-order chi connectivity index (χ0) is 27.8. The summed E-state index contributed by atoms with van der Waals surface area (Å²) in [6.45, 7) is 9.83. The summed E-state index contributed by atoms with van der Waals surface area (Å²) >= 11 is 0. The zero-order valence-corrected chi connectivity index (χ0v) is 22.9. The number of hydrogen-bond acceptors (Lipinski definition) is 8. The Balaban J connectivity index is 0.00000112. The average molecular weight is 537 g/mol. The van der Waals surface area contributed by atoms with Gasteiger partial charge >= 0.3 is 6.01 Å². The van der Waals surface area contributed by atoms with Crippen molar-refractivity contribution in [3.63, 3.8) is 0 Å². The summed E-state index contributed by atoms with van der Waals surface area (Å²) in [5.41, 5.74) is 2.50. The van der Waals surface area contributed by atoms with Crippen molar-refractivity contribution < 1.29 is 18.7 Å². The molecule has 1 aromatic heterocycles. The topological polar surface area (TPSA) is 94.8 Å². The molecule has 2 fully saturated rings. The molecule has 0 bridgehead atoms. The highest BCUT2D eigenvalue weighted by Crippen LogP contribution is 2.34. The van der Waals surface area contributed by atoms with Gasteiger partial charge in [-0.3, -0.25) is 9.69 Å².